The number of Topliss-reactive ketones (excluding diaryl/α,β-unsaturated/α-hetero) is 1. The summed E-state index contributed by atoms with van der Waals surface area (Å²) in [7, 11) is 0. The number of aryl methyl sites for hydroxylation is 1. The average Bonchev–Trinajstić information content (AvgIpc) is 3.05. The van der Waals surface area contributed by atoms with Crippen molar-refractivity contribution in [2.45, 2.75) is 52.3 Å². The maximum Gasteiger partial charge on any atom is 0.416 e. The zero-order chi connectivity index (χ0) is 23.5. The number of alkyl halides is 3. The van der Waals surface area contributed by atoms with Crippen LogP contribution in [0.5, 0.6) is 0 Å². The molecule has 1 aliphatic heterocycles. The fraction of sp³-hybridized carbons (Fsp3) is 0.458. The third-order valence-corrected chi connectivity index (χ3v) is 5.65. The van der Waals surface area contributed by atoms with Crippen LogP contribution in [0.15, 0.2) is 42.6 Å². The first-order chi connectivity index (χ1) is 15.1. The zero-order valence-electron chi connectivity index (χ0n) is 18.5. The van der Waals surface area contributed by atoms with E-state index in [0.717, 1.165) is 30.7 Å². The van der Waals surface area contributed by atoms with Crippen molar-refractivity contribution in [2.75, 3.05) is 18.0 Å². The van der Waals surface area contributed by atoms with Crippen molar-refractivity contribution >= 4 is 17.5 Å². The monoisotopic (exact) mass is 447 g/mol. The molecule has 0 unspecified atom stereocenters. The van der Waals surface area contributed by atoms with E-state index in [-0.39, 0.29) is 42.3 Å². The number of ketones is 1. The molecule has 5 nitrogen and oxygen atoms in total. The van der Waals surface area contributed by atoms with E-state index in [1.165, 1.54) is 17.0 Å². The van der Waals surface area contributed by atoms with Crippen molar-refractivity contribution in [3.63, 3.8) is 0 Å². The molecule has 0 spiro atoms. The number of nitrogens with zero attached hydrogens (tertiary/aromatic N) is 3. The number of aromatic nitrogens is 1. The number of rotatable bonds is 8. The maximum absolute atomic E-state index is 13.1. The largest absolute Gasteiger partial charge is 0.416 e. The Morgan fingerprint density at radius 2 is 1.97 bits per heavy atom. The highest BCUT2D eigenvalue weighted by molar-refractivity contribution is 5.97. The SMILES string of the molecule is CCCc1ccc(N2C[C@H](C(C)C)N(CC(=O)Cc3cccc(C(F)(F)F)c3)C2=O)cn1. The standard InChI is InChI=1S/C24H28F3N3O2/c1-4-6-19-9-10-20(13-28-19)29-15-22(16(2)3)30(23(29)32)14-21(31)12-17-7-5-8-18(11-17)24(25,26)27/h5,7-11,13,16,22H,4,6,12,14-15H2,1-3H3/t22-/m1/s1. The van der Waals surface area contributed by atoms with Gasteiger partial charge in [-0.3, -0.25) is 14.7 Å². The Hall–Kier alpha value is -2.90. The van der Waals surface area contributed by atoms with E-state index in [9.17, 15) is 22.8 Å². The molecular formula is C24H28F3N3O2. The minimum atomic E-state index is -4.46. The Bertz CT molecular complexity index is 958. The summed E-state index contributed by atoms with van der Waals surface area (Å²) in [5.74, 6) is -0.195. The van der Waals surface area contributed by atoms with Crippen molar-refractivity contribution in [2.24, 2.45) is 5.92 Å². The number of hydrogen-bond donors (Lipinski definition) is 0. The normalized spacial score (nSPS) is 16.8. The van der Waals surface area contributed by atoms with E-state index in [1.807, 2.05) is 26.0 Å². The number of anilines is 1. The van der Waals surface area contributed by atoms with Gasteiger partial charge in [0.25, 0.3) is 0 Å². The Balaban J connectivity index is 1.73. The van der Waals surface area contributed by atoms with Gasteiger partial charge in [-0.2, -0.15) is 13.2 Å². The predicted octanol–water partition coefficient (Wildman–Crippen LogP) is 5.13. The molecule has 0 aliphatic carbocycles. The van der Waals surface area contributed by atoms with Crippen molar-refractivity contribution in [3.05, 3.63) is 59.4 Å². The van der Waals surface area contributed by atoms with Gasteiger partial charge in [-0.1, -0.05) is 45.4 Å². The molecule has 1 atom stereocenters. The summed E-state index contributed by atoms with van der Waals surface area (Å²) in [6.07, 6.45) is -1.11. The summed E-state index contributed by atoms with van der Waals surface area (Å²) in [4.78, 5) is 33.4. The van der Waals surface area contributed by atoms with Crippen LogP contribution in [-0.2, 0) is 23.8 Å². The fourth-order valence-corrected chi connectivity index (χ4v) is 3.94. The summed E-state index contributed by atoms with van der Waals surface area (Å²) < 4.78 is 38.8. The molecule has 1 aliphatic rings. The van der Waals surface area contributed by atoms with Gasteiger partial charge in [-0.05, 0) is 36.1 Å². The topological polar surface area (TPSA) is 53.5 Å². The van der Waals surface area contributed by atoms with E-state index in [4.69, 9.17) is 0 Å². The van der Waals surface area contributed by atoms with Gasteiger partial charge in [-0.25, -0.2) is 4.79 Å². The second kappa shape index (κ2) is 9.71. The van der Waals surface area contributed by atoms with Crippen LogP contribution in [0.2, 0.25) is 0 Å². The van der Waals surface area contributed by atoms with E-state index in [2.05, 4.69) is 11.9 Å². The van der Waals surface area contributed by atoms with Gasteiger partial charge < -0.3 is 4.90 Å². The van der Waals surface area contributed by atoms with Crippen LogP contribution in [0, 0.1) is 5.92 Å². The summed E-state index contributed by atoms with van der Waals surface area (Å²) in [5, 5.41) is 0. The fourth-order valence-electron chi connectivity index (χ4n) is 3.94. The lowest BCUT2D eigenvalue weighted by Crippen LogP contribution is -2.41. The summed E-state index contributed by atoms with van der Waals surface area (Å²) in [5.41, 5.74) is 1.13. The molecule has 0 radical (unpaired) electrons. The lowest BCUT2D eigenvalue weighted by Gasteiger charge is -2.25. The number of carbonyl (C=O) groups is 2. The van der Waals surface area contributed by atoms with Gasteiger partial charge in [-0.15, -0.1) is 0 Å². The molecule has 1 saturated heterocycles. The van der Waals surface area contributed by atoms with E-state index in [1.54, 1.807) is 11.1 Å². The van der Waals surface area contributed by atoms with Gasteiger partial charge in [0.2, 0.25) is 0 Å². The van der Waals surface area contributed by atoms with Crippen LogP contribution in [-0.4, -0.2) is 40.8 Å². The molecule has 1 aromatic heterocycles. The van der Waals surface area contributed by atoms with Gasteiger partial charge in [0.15, 0.2) is 5.78 Å². The van der Waals surface area contributed by atoms with Crippen LogP contribution in [0.4, 0.5) is 23.7 Å². The van der Waals surface area contributed by atoms with Gasteiger partial charge in [0, 0.05) is 18.7 Å². The van der Waals surface area contributed by atoms with Crippen LogP contribution in [0.3, 0.4) is 0 Å². The minimum absolute atomic E-state index is 0.109. The molecule has 1 fully saturated rings. The number of amides is 2. The number of halogens is 3. The van der Waals surface area contributed by atoms with E-state index < -0.39 is 11.7 Å². The third-order valence-electron chi connectivity index (χ3n) is 5.65. The van der Waals surface area contributed by atoms with E-state index in [0.29, 0.717) is 12.2 Å². The lowest BCUT2D eigenvalue weighted by atomic mass is 10.0. The summed E-state index contributed by atoms with van der Waals surface area (Å²) in [6, 6.07) is 8.05. The molecule has 0 bridgehead atoms. The molecule has 0 saturated carbocycles. The number of pyridine rings is 1. The highest BCUT2D eigenvalue weighted by Crippen LogP contribution is 2.30. The molecule has 2 amide bonds. The first kappa shape index (κ1) is 23.8. The molecule has 8 heteroatoms. The Morgan fingerprint density at radius 1 is 1.22 bits per heavy atom. The molecule has 1 aromatic carbocycles. The molecule has 2 heterocycles. The van der Waals surface area contributed by atoms with Crippen LogP contribution < -0.4 is 4.90 Å². The van der Waals surface area contributed by atoms with Crippen LogP contribution >= 0.6 is 0 Å². The van der Waals surface area contributed by atoms with Gasteiger partial charge >= 0.3 is 12.2 Å². The number of hydrogen-bond acceptors (Lipinski definition) is 3. The summed E-state index contributed by atoms with van der Waals surface area (Å²) in [6.45, 7) is 6.32. The molecular weight excluding hydrogens is 419 g/mol. The predicted molar refractivity (Wildman–Crippen MR) is 116 cm³/mol. The van der Waals surface area contributed by atoms with Crippen molar-refractivity contribution in [1.29, 1.82) is 0 Å². The highest BCUT2D eigenvalue weighted by atomic mass is 19.4. The number of urea groups is 1. The van der Waals surface area contributed by atoms with Gasteiger partial charge in [0.05, 0.1) is 30.0 Å². The Morgan fingerprint density at radius 3 is 2.56 bits per heavy atom. The number of benzene rings is 1. The molecule has 32 heavy (non-hydrogen) atoms. The highest BCUT2D eigenvalue weighted by Gasteiger charge is 2.40. The average molecular weight is 448 g/mol. The minimum Gasteiger partial charge on any atom is -0.312 e. The zero-order valence-corrected chi connectivity index (χ0v) is 18.5. The van der Waals surface area contributed by atoms with Gasteiger partial charge in [0.1, 0.15) is 0 Å². The smallest absolute Gasteiger partial charge is 0.312 e. The van der Waals surface area contributed by atoms with Crippen molar-refractivity contribution in [1.82, 2.24) is 9.88 Å². The van der Waals surface area contributed by atoms with Crippen molar-refractivity contribution < 1.29 is 22.8 Å². The quantitative estimate of drug-likeness (QED) is 0.564. The Kier molecular flexibility index (Phi) is 7.21. The second-order valence-electron chi connectivity index (χ2n) is 8.50. The maximum atomic E-state index is 13.1. The molecule has 172 valence electrons. The van der Waals surface area contributed by atoms with E-state index >= 15 is 0 Å². The molecule has 2 aromatic rings. The first-order valence-corrected chi connectivity index (χ1v) is 10.8. The van der Waals surface area contributed by atoms with Crippen LogP contribution in [0.25, 0.3) is 0 Å². The Labute approximate surface area is 186 Å². The molecule has 0 N–H and O–H groups in total. The number of carbonyl (C=O) groups excluding carboxylic acids is 2. The third kappa shape index (κ3) is 5.47. The summed E-state index contributed by atoms with van der Waals surface area (Å²) >= 11 is 0. The first-order valence-electron chi connectivity index (χ1n) is 10.8. The van der Waals surface area contributed by atoms with Crippen molar-refractivity contribution in [3.8, 4) is 0 Å². The molecule has 3 rings (SSSR count). The van der Waals surface area contributed by atoms with Crippen LogP contribution in [0.1, 0.15) is 44.0 Å². The second-order valence-corrected chi connectivity index (χ2v) is 8.50. The lowest BCUT2D eigenvalue weighted by molar-refractivity contribution is -0.137.